The third-order valence-electron chi connectivity index (χ3n) is 1.75. The average Bonchev–Trinajstić information content (AvgIpc) is 2.38. The lowest BCUT2D eigenvalue weighted by Crippen LogP contribution is -2.07. The van der Waals surface area contributed by atoms with Crippen LogP contribution in [0.25, 0.3) is 11.1 Å². The van der Waals surface area contributed by atoms with Gasteiger partial charge in [-0.3, -0.25) is 4.57 Å². The highest BCUT2D eigenvalue weighted by molar-refractivity contribution is 8.07. The number of aromatic nitrogens is 1. The molecule has 1 heterocycles. The molecule has 0 saturated carbocycles. The molecule has 0 fully saturated rings. The first kappa shape index (κ1) is 11.1. The second-order valence-electron chi connectivity index (χ2n) is 2.73. The van der Waals surface area contributed by atoms with Gasteiger partial charge in [0.05, 0.1) is 5.52 Å². The fraction of sp³-hybridized carbons (Fsp3) is 0. The molecule has 4 nitrogen and oxygen atoms in total. The number of benzene rings is 1. The SMILES string of the molecule is O=c1oc2cc(Cl)ccc2n1P(=O)(Cl)Cl. The Kier molecular flexibility index (Phi) is 2.63. The second kappa shape index (κ2) is 3.56. The lowest BCUT2D eigenvalue weighted by molar-refractivity contribution is 0.539. The van der Waals surface area contributed by atoms with E-state index in [9.17, 15) is 9.36 Å². The van der Waals surface area contributed by atoms with Gasteiger partial charge in [-0.1, -0.05) is 11.6 Å². The van der Waals surface area contributed by atoms with Gasteiger partial charge in [0, 0.05) is 11.1 Å². The Morgan fingerprint density at radius 3 is 2.60 bits per heavy atom. The van der Waals surface area contributed by atoms with Gasteiger partial charge in [0.25, 0.3) is 0 Å². The molecular weight excluding hydrogens is 283 g/mol. The van der Waals surface area contributed by atoms with Gasteiger partial charge >= 0.3 is 11.8 Å². The fourth-order valence-corrected chi connectivity index (χ4v) is 2.87. The number of hydrogen-bond acceptors (Lipinski definition) is 3. The molecule has 0 amide bonds. The van der Waals surface area contributed by atoms with E-state index in [1.807, 2.05) is 0 Å². The van der Waals surface area contributed by atoms with E-state index in [1.165, 1.54) is 18.2 Å². The predicted octanol–water partition coefficient (Wildman–Crippen LogP) is 3.68. The maximum Gasteiger partial charge on any atom is 0.427 e. The molecule has 1 aromatic heterocycles. The molecule has 0 saturated heterocycles. The van der Waals surface area contributed by atoms with Crippen molar-refractivity contribution >= 4 is 51.2 Å². The highest BCUT2D eigenvalue weighted by atomic mass is 35.9. The van der Waals surface area contributed by atoms with Gasteiger partial charge < -0.3 is 4.42 Å². The summed E-state index contributed by atoms with van der Waals surface area (Å²) in [6.07, 6.45) is 0. The normalized spacial score (nSPS) is 12.2. The number of fused-ring (bicyclic) bond motifs is 1. The Hall–Kier alpha value is -0.410. The molecule has 8 heteroatoms. The zero-order valence-electron chi connectivity index (χ0n) is 6.99. The third-order valence-corrected chi connectivity index (χ3v) is 3.74. The van der Waals surface area contributed by atoms with Gasteiger partial charge in [0.15, 0.2) is 5.58 Å². The van der Waals surface area contributed by atoms with Crippen molar-refractivity contribution in [2.45, 2.75) is 0 Å². The minimum absolute atomic E-state index is 0.189. The van der Waals surface area contributed by atoms with Crippen molar-refractivity contribution in [3.8, 4) is 0 Å². The maximum atomic E-state index is 11.4. The zero-order valence-corrected chi connectivity index (χ0v) is 10.1. The summed E-state index contributed by atoms with van der Waals surface area (Å²) in [5.41, 5.74) is 0.437. The molecule has 0 aliphatic heterocycles. The van der Waals surface area contributed by atoms with Crippen LogP contribution in [-0.2, 0) is 4.57 Å². The molecule has 0 atom stereocenters. The lowest BCUT2D eigenvalue weighted by Gasteiger charge is -2.00. The smallest absolute Gasteiger partial charge is 0.407 e. The van der Waals surface area contributed by atoms with E-state index in [0.717, 1.165) is 0 Å². The van der Waals surface area contributed by atoms with Crippen LogP contribution in [0.5, 0.6) is 0 Å². The maximum absolute atomic E-state index is 11.4. The number of oxazole rings is 1. The summed E-state index contributed by atoms with van der Waals surface area (Å²) in [5, 5.41) is 0.391. The largest absolute Gasteiger partial charge is 0.427 e. The molecule has 1 aromatic carbocycles. The molecule has 0 spiro atoms. The topological polar surface area (TPSA) is 52.2 Å². The van der Waals surface area contributed by atoms with Crippen LogP contribution in [0.1, 0.15) is 0 Å². The summed E-state index contributed by atoms with van der Waals surface area (Å²) in [6.45, 7) is 0. The third kappa shape index (κ3) is 1.95. The Labute approximate surface area is 98.3 Å². The highest BCUT2D eigenvalue weighted by Gasteiger charge is 2.24. The van der Waals surface area contributed by atoms with E-state index in [2.05, 4.69) is 0 Å². The van der Waals surface area contributed by atoms with E-state index < -0.39 is 11.8 Å². The molecule has 0 N–H and O–H groups in total. The second-order valence-corrected chi connectivity index (χ2v) is 7.70. The van der Waals surface area contributed by atoms with Crippen molar-refractivity contribution in [2.75, 3.05) is 0 Å². The average molecular weight is 286 g/mol. The molecule has 0 aliphatic rings. The summed E-state index contributed by atoms with van der Waals surface area (Å²) in [7, 11) is 0. The fourth-order valence-electron chi connectivity index (χ4n) is 1.20. The quantitative estimate of drug-likeness (QED) is 0.751. The van der Waals surface area contributed by atoms with Crippen molar-refractivity contribution in [2.24, 2.45) is 0 Å². The monoisotopic (exact) mass is 285 g/mol. The predicted molar refractivity (Wildman–Crippen MR) is 60.2 cm³/mol. The first-order valence-electron chi connectivity index (χ1n) is 3.71. The Bertz CT molecular complexity index is 626. The lowest BCUT2D eigenvalue weighted by atomic mass is 10.3. The van der Waals surface area contributed by atoms with Crippen molar-refractivity contribution < 1.29 is 8.98 Å². The van der Waals surface area contributed by atoms with Crippen LogP contribution in [-0.4, -0.2) is 4.34 Å². The van der Waals surface area contributed by atoms with Crippen molar-refractivity contribution in [1.29, 1.82) is 0 Å². The Morgan fingerprint density at radius 1 is 1.33 bits per heavy atom. The van der Waals surface area contributed by atoms with Gasteiger partial charge in [0.1, 0.15) is 0 Å². The van der Waals surface area contributed by atoms with Gasteiger partial charge in [0.2, 0.25) is 0 Å². The summed E-state index contributed by atoms with van der Waals surface area (Å²) >= 11 is 16.5. The molecule has 0 radical (unpaired) electrons. The van der Waals surface area contributed by atoms with Gasteiger partial charge in [-0.25, -0.2) is 4.79 Å². The van der Waals surface area contributed by atoms with Crippen LogP contribution >= 0.6 is 40.1 Å². The Balaban J connectivity index is 2.92. The number of nitrogens with zero attached hydrogens (tertiary/aromatic N) is 1. The minimum Gasteiger partial charge on any atom is -0.407 e. The van der Waals surface area contributed by atoms with Crippen LogP contribution in [0.15, 0.2) is 27.4 Å². The van der Waals surface area contributed by atoms with Crippen molar-refractivity contribution in [3.63, 3.8) is 0 Å². The summed E-state index contributed by atoms with van der Waals surface area (Å²) in [4.78, 5) is 11.3. The van der Waals surface area contributed by atoms with Crippen LogP contribution in [0.2, 0.25) is 5.02 Å². The standard InChI is InChI=1S/C7H3Cl3NO3P/c8-4-1-2-5-6(3-4)14-7(12)11(5)15(9,10)13/h1-3H. The summed E-state index contributed by atoms with van der Waals surface area (Å²) in [6, 6.07) is 4.39. The van der Waals surface area contributed by atoms with Gasteiger partial charge in [-0.05, 0) is 34.6 Å². The summed E-state index contributed by atoms with van der Waals surface area (Å²) in [5.74, 6) is -4.63. The molecule has 2 aromatic rings. The van der Waals surface area contributed by atoms with E-state index in [4.69, 9.17) is 38.5 Å². The highest BCUT2D eigenvalue weighted by Crippen LogP contribution is 2.57. The molecule has 0 aliphatic carbocycles. The number of hydrogen-bond donors (Lipinski definition) is 0. The Morgan fingerprint density at radius 2 is 2.00 bits per heavy atom. The molecule has 80 valence electrons. The van der Waals surface area contributed by atoms with Crippen molar-refractivity contribution in [3.05, 3.63) is 33.8 Å². The van der Waals surface area contributed by atoms with E-state index in [0.29, 0.717) is 9.36 Å². The van der Waals surface area contributed by atoms with E-state index >= 15 is 0 Å². The van der Waals surface area contributed by atoms with Crippen LogP contribution in [0, 0.1) is 0 Å². The zero-order chi connectivity index (χ0) is 11.2. The first-order valence-corrected chi connectivity index (χ1v) is 7.55. The molecule has 15 heavy (non-hydrogen) atoms. The molecule has 0 unspecified atom stereocenters. The van der Waals surface area contributed by atoms with E-state index in [-0.39, 0.29) is 11.1 Å². The summed E-state index contributed by atoms with van der Waals surface area (Å²) < 4.78 is 16.9. The number of rotatable bonds is 1. The van der Waals surface area contributed by atoms with Crippen LogP contribution in [0.4, 0.5) is 0 Å². The van der Waals surface area contributed by atoms with Gasteiger partial charge in [-0.2, -0.15) is 4.34 Å². The minimum atomic E-state index is -3.76. The van der Waals surface area contributed by atoms with Crippen LogP contribution in [0.3, 0.4) is 0 Å². The van der Waals surface area contributed by atoms with Gasteiger partial charge in [-0.15, -0.1) is 0 Å². The van der Waals surface area contributed by atoms with Crippen LogP contribution < -0.4 is 5.76 Å². The molecule has 2 rings (SSSR count). The van der Waals surface area contributed by atoms with Crippen molar-refractivity contribution in [1.82, 2.24) is 4.34 Å². The number of halogens is 3. The molecular formula is C7H3Cl3NO3P. The van der Waals surface area contributed by atoms with E-state index in [1.54, 1.807) is 0 Å². The first-order chi connectivity index (χ1) is 6.89. The molecule has 0 bridgehead atoms.